The summed E-state index contributed by atoms with van der Waals surface area (Å²) >= 11 is 0. The van der Waals surface area contributed by atoms with Gasteiger partial charge in [-0.1, -0.05) is 12.1 Å². The van der Waals surface area contributed by atoms with Crippen LogP contribution in [0.2, 0.25) is 0 Å². The fraction of sp³-hybridized carbons (Fsp3) is 0.500. The first-order valence-electron chi connectivity index (χ1n) is 6.42. The van der Waals surface area contributed by atoms with Crippen molar-refractivity contribution in [3.63, 3.8) is 0 Å². The van der Waals surface area contributed by atoms with Gasteiger partial charge in [0.25, 0.3) is 0 Å². The number of carbonyl (C=O) groups excluding carboxylic acids is 1. The summed E-state index contributed by atoms with van der Waals surface area (Å²) in [7, 11) is 0. The van der Waals surface area contributed by atoms with Gasteiger partial charge in [-0.3, -0.25) is 4.79 Å². The van der Waals surface area contributed by atoms with E-state index < -0.39 is 6.04 Å². The first-order chi connectivity index (χ1) is 9.02. The summed E-state index contributed by atoms with van der Waals surface area (Å²) in [5.41, 5.74) is 6.49. The third-order valence-corrected chi connectivity index (χ3v) is 2.54. The highest BCUT2D eigenvalue weighted by molar-refractivity contribution is 5.81. The molecule has 0 radical (unpaired) electrons. The summed E-state index contributed by atoms with van der Waals surface area (Å²) in [5, 5.41) is 11.4. The average molecular weight is 266 g/mol. The van der Waals surface area contributed by atoms with Crippen LogP contribution >= 0.6 is 0 Å². The smallest absolute Gasteiger partial charge is 0.239 e. The minimum absolute atomic E-state index is 0.158. The number of ether oxygens (including phenoxy) is 1. The van der Waals surface area contributed by atoms with Gasteiger partial charge in [-0.25, -0.2) is 0 Å². The van der Waals surface area contributed by atoms with Crippen LogP contribution in [0.4, 0.5) is 0 Å². The number of carbonyl (C=O) groups is 1. The number of hydrogen-bond donors (Lipinski definition) is 3. The first kappa shape index (κ1) is 15.5. The Bertz CT molecular complexity index is 390. The molecule has 5 nitrogen and oxygen atoms in total. The van der Waals surface area contributed by atoms with E-state index >= 15 is 0 Å². The van der Waals surface area contributed by atoms with Crippen LogP contribution in [0.3, 0.4) is 0 Å². The molecule has 1 aromatic rings. The van der Waals surface area contributed by atoms with Crippen LogP contribution in [0.5, 0.6) is 5.75 Å². The van der Waals surface area contributed by atoms with E-state index in [1.807, 2.05) is 38.1 Å². The summed E-state index contributed by atoms with van der Waals surface area (Å²) < 4.78 is 5.54. The van der Waals surface area contributed by atoms with Crippen molar-refractivity contribution >= 4 is 5.91 Å². The molecular formula is C14H22N2O3. The third-order valence-electron chi connectivity index (χ3n) is 2.54. The Labute approximate surface area is 113 Å². The highest BCUT2D eigenvalue weighted by Gasteiger charge is 2.10. The zero-order chi connectivity index (χ0) is 14.3. The molecule has 1 aromatic carbocycles. The molecule has 4 N–H and O–H groups in total. The van der Waals surface area contributed by atoms with Gasteiger partial charge in [0, 0.05) is 6.54 Å². The molecule has 0 saturated heterocycles. The summed E-state index contributed by atoms with van der Waals surface area (Å²) in [4.78, 5) is 11.3. The maximum Gasteiger partial charge on any atom is 0.239 e. The van der Waals surface area contributed by atoms with E-state index in [4.69, 9.17) is 15.6 Å². The van der Waals surface area contributed by atoms with E-state index in [9.17, 15) is 4.79 Å². The lowest BCUT2D eigenvalue weighted by Crippen LogP contribution is -2.43. The summed E-state index contributed by atoms with van der Waals surface area (Å²) in [6.45, 7) is 4.12. The largest absolute Gasteiger partial charge is 0.491 e. The van der Waals surface area contributed by atoms with Crippen LogP contribution in [0.25, 0.3) is 0 Å². The standard InChI is InChI=1S/C14H22N2O3/c1-10(2)19-12-5-3-11(4-6-12)7-8-16-14(18)13(15)9-17/h3-6,10,13,17H,7-9,15H2,1-2H3,(H,16,18). The Balaban J connectivity index is 2.36. The SMILES string of the molecule is CC(C)Oc1ccc(CCNC(=O)C(N)CO)cc1. The first-order valence-corrected chi connectivity index (χ1v) is 6.42. The topological polar surface area (TPSA) is 84.6 Å². The van der Waals surface area contributed by atoms with Crippen LogP contribution in [-0.2, 0) is 11.2 Å². The number of amides is 1. The fourth-order valence-electron chi connectivity index (χ4n) is 1.55. The van der Waals surface area contributed by atoms with Crippen molar-refractivity contribution < 1.29 is 14.6 Å². The number of nitrogens with two attached hydrogens (primary N) is 1. The van der Waals surface area contributed by atoms with E-state index in [2.05, 4.69) is 5.32 Å². The summed E-state index contributed by atoms with van der Waals surface area (Å²) in [5.74, 6) is 0.507. The number of hydrogen-bond acceptors (Lipinski definition) is 4. The van der Waals surface area contributed by atoms with Crippen LogP contribution in [0.15, 0.2) is 24.3 Å². The molecule has 0 aliphatic carbocycles. The lowest BCUT2D eigenvalue weighted by atomic mass is 10.1. The van der Waals surface area contributed by atoms with E-state index in [1.54, 1.807) is 0 Å². The predicted octanol–water partition coefficient (Wildman–Crippen LogP) is 0.452. The van der Waals surface area contributed by atoms with Crippen molar-refractivity contribution in [3.8, 4) is 5.75 Å². The Kier molecular flexibility index (Phi) is 6.32. The van der Waals surface area contributed by atoms with Crippen molar-refractivity contribution in [2.45, 2.75) is 32.4 Å². The monoisotopic (exact) mass is 266 g/mol. The van der Waals surface area contributed by atoms with Crippen LogP contribution in [0.1, 0.15) is 19.4 Å². The molecule has 1 unspecified atom stereocenters. The zero-order valence-corrected chi connectivity index (χ0v) is 11.4. The van der Waals surface area contributed by atoms with E-state index in [0.717, 1.165) is 11.3 Å². The molecule has 0 spiro atoms. The molecule has 1 amide bonds. The Morgan fingerprint density at radius 1 is 1.37 bits per heavy atom. The number of aliphatic hydroxyl groups is 1. The molecular weight excluding hydrogens is 244 g/mol. The van der Waals surface area contributed by atoms with Gasteiger partial charge in [-0.2, -0.15) is 0 Å². The Morgan fingerprint density at radius 3 is 2.53 bits per heavy atom. The van der Waals surface area contributed by atoms with E-state index in [1.165, 1.54) is 0 Å². The summed E-state index contributed by atoms with van der Waals surface area (Å²) in [6, 6.07) is 6.92. The molecule has 0 aromatic heterocycles. The Hall–Kier alpha value is -1.59. The Morgan fingerprint density at radius 2 is 2.00 bits per heavy atom. The average Bonchev–Trinajstić information content (AvgIpc) is 2.39. The van der Waals surface area contributed by atoms with E-state index in [-0.39, 0.29) is 18.6 Å². The van der Waals surface area contributed by atoms with Crippen molar-refractivity contribution in [2.75, 3.05) is 13.2 Å². The molecule has 0 fully saturated rings. The second kappa shape index (κ2) is 7.76. The van der Waals surface area contributed by atoms with Crippen LogP contribution in [0, 0.1) is 0 Å². The number of nitrogens with one attached hydrogen (secondary N) is 1. The molecule has 0 saturated carbocycles. The van der Waals surface area contributed by atoms with Gasteiger partial charge in [0.05, 0.1) is 12.7 Å². The molecule has 1 atom stereocenters. The molecule has 0 aliphatic rings. The van der Waals surface area contributed by atoms with Crippen molar-refractivity contribution in [1.82, 2.24) is 5.32 Å². The molecule has 0 aliphatic heterocycles. The molecule has 5 heteroatoms. The third kappa shape index (κ3) is 5.72. The lowest BCUT2D eigenvalue weighted by Gasteiger charge is -2.11. The molecule has 0 heterocycles. The second-order valence-corrected chi connectivity index (χ2v) is 4.64. The second-order valence-electron chi connectivity index (χ2n) is 4.64. The molecule has 19 heavy (non-hydrogen) atoms. The highest BCUT2D eigenvalue weighted by atomic mass is 16.5. The number of rotatable bonds is 7. The zero-order valence-electron chi connectivity index (χ0n) is 11.4. The van der Waals surface area contributed by atoms with Gasteiger partial charge >= 0.3 is 0 Å². The van der Waals surface area contributed by atoms with Crippen molar-refractivity contribution in [1.29, 1.82) is 0 Å². The molecule has 106 valence electrons. The van der Waals surface area contributed by atoms with E-state index in [0.29, 0.717) is 13.0 Å². The highest BCUT2D eigenvalue weighted by Crippen LogP contribution is 2.13. The minimum Gasteiger partial charge on any atom is -0.491 e. The van der Waals surface area contributed by atoms with Gasteiger partial charge in [-0.15, -0.1) is 0 Å². The van der Waals surface area contributed by atoms with Gasteiger partial charge in [0.15, 0.2) is 0 Å². The number of benzene rings is 1. The summed E-state index contributed by atoms with van der Waals surface area (Å²) in [6.07, 6.45) is 0.872. The number of aliphatic hydroxyl groups excluding tert-OH is 1. The maximum absolute atomic E-state index is 11.3. The van der Waals surface area contributed by atoms with Crippen molar-refractivity contribution in [2.24, 2.45) is 5.73 Å². The van der Waals surface area contributed by atoms with Gasteiger partial charge in [-0.05, 0) is 38.0 Å². The van der Waals surface area contributed by atoms with Crippen LogP contribution in [-0.4, -0.2) is 36.3 Å². The molecule has 0 bridgehead atoms. The quantitative estimate of drug-likeness (QED) is 0.669. The fourth-order valence-corrected chi connectivity index (χ4v) is 1.55. The van der Waals surface area contributed by atoms with Gasteiger partial charge < -0.3 is 20.9 Å². The minimum atomic E-state index is -0.846. The normalized spacial score (nSPS) is 12.3. The molecule has 1 rings (SSSR count). The maximum atomic E-state index is 11.3. The van der Waals surface area contributed by atoms with Gasteiger partial charge in [0.2, 0.25) is 5.91 Å². The van der Waals surface area contributed by atoms with Crippen LogP contribution < -0.4 is 15.8 Å². The van der Waals surface area contributed by atoms with Crippen molar-refractivity contribution in [3.05, 3.63) is 29.8 Å². The van der Waals surface area contributed by atoms with Gasteiger partial charge in [0.1, 0.15) is 11.8 Å². The lowest BCUT2D eigenvalue weighted by molar-refractivity contribution is -0.123. The predicted molar refractivity (Wildman–Crippen MR) is 74.0 cm³/mol.